The smallest absolute Gasteiger partial charge is 0.234 e. The summed E-state index contributed by atoms with van der Waals surface area (Å²) in [4.78, 5) is 27.4. The van der Waals surface area contributed by atoms with Gasteiger partial charge in [-0.05, 0) is 30.2 Å². The third-order valence-electron chi connectivity index (χ3n) is 5.16. The Morgan fingerprint density at radius 3 is 2.54 bits per heavy atom. The van der Waals surface area contributed by atoms with E-state index in [1.165, 1.54) is 0 Å². The molecule has 146 valence electrons. The highest BCUT2D eigenvalue weighted by Crippen LogP contribution is 2.28. The van der Waals surface area contributed by atoms with Crippen LogP contribution in [0.25, 0.3) is 0 Å². The van der Waals surface area contributed by atoms with Gasteiger partial charge in [0.2, 0.25) is 11.8 Å². The van der Waals surface area contributed by atoms with E-state index in [9.17, 15) is 9.59 Å². The molecule has 1 atom stereocenters. The topological polar surface area (TPSA) is 89.6 Å². The highest BCUT2D eigenvalue weighted by molar-refractivity contribution is 6.00. The number of piperidine rings is 1. The molecule has 2 N–H and O–H groups in total. The molecular weight excluding hydrogens is 358 g/mol. The average molecular weight is 381 g/mol. The van der Waals surface area contributed by atoms with E-state index in [4.69, 9.17) is 9.47 Å². The van der Waals surface area contributed by atoms with Crippen molar-refractivity contribution in [1.29, 1.82) is 0 Å². The van der Waals surface area contributed by atoms with Gasteiger partial charge in [0.25, 0.3) is 0 Å². The standard InChI is InChI=1S/C21H23N3O4/c25-20-6-5-17(21(26)24-20)14-1-3-16(4-2-14)27-9-10-28-19-7-8-22-13-18(19)15-11-23-12-15/h1-4,7-8,13,15,17,23H,5-6,9-12H2,(H,24,25,26). The van der Waals surface area contributed by atoms with Crippen molar-refractivity contribution in [1.82, 2.24) is 15.6 Å². The highest BCUT2D eigenvalue weighted by atomic mass is 16.5. The van der Waals surface area contributed by atoms with Crippen molar-refractivity contribution in [2.24, 2.45) is 0 Å². The Kier molecular flexibility index (Phi) is 5.53. The molecule has 2 amide bonds. The maximum atomic E-state index is 11.9. The summed E-state index contributed by atoms with van der Waals surface area (Å²) in [5.74, 6) is 1.34. The number of hydrogen-bond donors (Lipinski definition) is 2. The summed E-state index contributed by atoms with van der Waals surface area (Å²) in [7, 11) is 0. The number of aromatic nitrogens is 1. The van der Waals surface area contributed by atoms with E-state index in [0.717, 1.165) is 35.7 Å². The zero-order chi connectivity index (χ0) is 19.3. The fraction of sp³-hybridized carbons (Fsp3) is 0.381. The van der Waals surface area contributed by atoms with Gasteiger partial charge in [0.15, 0.2) is 0 Å². The molecule has 2 saturated heterocycles. The Labute approximate surface area is 163 Å². The van der Waals surface area contributed by atoms with Crippen molar-refractivity contribution >= 4 is 11.8 Å². The summed E-state index contributed by atoms with van der Waals surface area (Å²) < 4.78 is 11.6. The second kappa shape index (κ2) is 8.39. The molecule has 2 aliphatic rings. The molecule has 2 aliphatic heterocycles. The summed E-state index contributed by atoms with van der Waals surface area (Å²) in [6.07, 6.45) is 4.53. The number of carbonyl (C=O) groups is 2. The summed E-state index contributed by atoms with van der Waals surface area (Å²) in [5.41, 5.74) is 2.03. The zero-order valence-corrected chi connectivity index (χ0v) is 15.5. The van der Waals surface area contributed by atoms with Crippen LogP contribution < -0.4 is 20.1 Å². The molecule has 1 aromatic carbocycles. The van der Waals surface area contributed by atoms with Gasteiger partial charge in [0, 0.05) is 43.4 Å². The summed E-state index contributed by atoms with van der Waals surface area (Å²) >= 11 is 0. The third kappa shape index (κ3) is 4.14. The molecule has 1 unspecified atom stereocenters. The lowest BCUT2D eigenvalue weighted by Crippen LogP contribution is -2.40. The minimum absolute atomic E-state index is 0.202. The van der Waals surface area contributed by atoms with Crippen molar-refractivity contribution in [2.45, 2.75) is 24.7 Å². The van der Waals surface area contributed by atoms with Crippen LogP contribution in [0.5, 0.6) is 11.5 Å². The first-order valence-corrected chi connectivity index (χ1v) is 9.54. The van der Waals surface area contributed by atoms with E-state index in [0.29, 0.717) is 32.0 Å². The Morgan fingerprint density at radius 1 is 1.04 bits per heavy atom. The maximum absolute atomic E-state index is 11.9. The van der Waals surface area contributed by atoms with Crippen molar-refractivity contribution < 1.29 is 19.1 Å². The second-order valence-electron chi connectivity index (χ2n) is 7.04. The van der Waals surface area contributed by atoms with E-state index >= 15 is 0 Å². The Morgan fingerprint density at radius 2 is 1.82 bits per heavy atom. The number of hydrogen-bond acceptors (Lipinski definition) is 6. The van der Waals surface area contributed by atoms with Gasteiger partial charge in [-0.2, -0.15) is 0 Å². The first-order valence-electron chi connectivity index (χ1n) is 9.54. The molecule has 2 fully saturated rings. The van der Waals surface area contributed by atoms with Gasteiger partial charge in [-0.25, -0.2) is 0 Å². The average Bonchev–Trinajstić information content (AvgIpc) is 2.66. The van der Waals surface area contributed by atoms with Crippen LogP contribution in [-0.2, 0) is 9.59 Å². The molecule has 0 bridgehead atoms. The highest BCUT2D eigenvalue weighted by Gasteiger charge is 2.27. The molecule has 1 aromatic heterocycles. The number of ether oxygens (including phenoxy) is 2. The van der Waals surface area contributed by atoms with Crippen molar-refractivity contribution in [3.63, 3.8) is 0 Å². The first kappa shape index (κ1) is 18.4. The van der Waals surface area contributed by atoms with Crippen LogP contribution in [0.1, 0.15) is 35.8 Å². The van der Waals surface area contributed by atoms with Crippen LogP contribution in [0.2, 0.25) is 0 Å². The van der Waals surface area contributed by atoms with Crippen LogP contribution in [0.4, 0.5) is 0 Å². The largest absolute Gasteiger partial charge is 0.490 e. The molecule has 3 heterocycles. The molecule has 0 saturated carbocycles. The Balaban J connectivity index is 1.27. The summed E-state index contributed by atoms with van der Waals surface area (Å²) in [6, 6.07) is 9.33. The predicted molar refractivity (Wildman–Crippen MR) is 102 cm³/mol. The van der Waals surface area contributed by atoms with E-state index in [2.05, 4.69) is 15.6 Å². The molecule has 0 spiro atoms. The number of pyridine rings is 1. The van der Waals surface area contributed by atoms with E-state index in [1.54, 1.807) is 6.20 Å². The number of carbonyl (C=O) groups excluding carboxylic acids is 2. The molecular formula is C21H23N3O4. The van der Waals surface area contributed by atoms with Crippen LogP contribution in [0.3, 0.4) is 0 Å². The van der Waals surface area contributed by atoms with Crippen LogP contribution >= 0.6 is 0 Å². The summed E-state index contributed by atoms with van der Waals surface area (Å²) in [6.45, 7) is 2.77. The van der Waals surface area contributed by atoms with Crippen LogP contribution in [0, 0.1) is 0 Å². The van der Waals surface area contributed by atoms with Gasteiger partial charge in [-0.3, -0.25) is 19.9 Å². The van der Waals surface area contributed by atoms with Gasteiger partial charge in [-0.1, -0.05) is 12.1 Å². The zero-order valence-electron chi connectivity index (χ0n) is 15.5. The van der Waals surface area contributed by atoms with E-state index < -0.39 is 0 Å². The fourth-order valence-electron chi connectivity index (χ4n) is 3.46. The van der Waals surface area contributed by atoms with Gasteiger partial charge < -0.3 is 14.8 Å². The lowest BCUT2D eigenvalue weighted by atomic mass is 9.90. The molecule has 7 heteroatoms. The lowest BCUT2D eigenvalue weighted by molar-refractivity contribution is -0.134. The van der Waals surface area contributed by atoms with Crippen molar-refractivity contribution in [3.05, 3.63) is 53.9 Å². The lowest BCUT2D eigenvalue weighted by Gasteiger charge is -2.28. The summed E-state index contributed by atoms with van der Waals surface area (Å²) in [5, 5.41) is 5.65. The second-order valence-corrected chi connectivity index (χ2v) is 7.04. The number of nitrogens with one attached hydrogen (secondary N) is 2. The number of benzene rings is 1. The van der Waals surface area contributed by atoms with Crippen LogP contribution in [-0.4, -0.2) is 43.1 Å². The predicted octanol–water partition coefficient (Wildman–Crippen LogP) is 1.75. The Hall–Kier alpha value is -2.93. The van der Waals surface area contributed by atoms with Gasteiger partial charge >= 0.3 is 0 Å². The molecule has 0 aliphatic carbocycles. The molecule has 4 rings (SSSR count). The Bertz CT molecular complexity index is 849. The first-order chi connectivity index (χ1) is 13.7. The SMILES string of the molecule is O=C1CCC(c2ccc(OCCOc3ccncc3C3CNC3)cc2)C(=O)N1. The fourth-order valence-corrected chi connectivity index (χ4v) is 3.46. The monoisotopic (exact) mass is 381 g/mol. The maximum Gasteiger partial charge on any atom is 0.234 e. The molecule has 0 radical (unpaired) electrons. The number of amides is 2. The van der Waals surface area contributed by atoms with E-state index in [1.807, 2.05) is 36.5 Å². The van der Waals surface area contributed by atoms with Crippen LogP contribution in [0.15, 0.2) is 42.7 Å². The molecule has 2 aromatic rings. The minimum atomic E-state index is -0.277. The molecule has 28 heavy (non-hydrogen) atoms. The normalized spacial score (nSPS) is 19.6. The van der Waals surface area contributed by atoms with Gasteiger partial charge in [0.1, 0.15) is 24.7 Å². The van der Waals surface area contributed by atoms with E-state index in [-0.39, 0.29) is 17.7 Å². The van der Waals surface area contributed by atoms with Gasteiger partial charge in [0.05, 0.1) is 5.92 Å². The third-order valence-corrected chi connectivity index (χ3v) is 5.16. The van der Waals surface area contributed by atoms with Crippen molar-refractivity contribution in [2.75, 3.05) is 26.3 Å². The number of imide groups is 1. The van der Waals surface area contributed by atoms with Crippen molar-refractivity contribution in [3.8, 4) is 11.5 Å². The van der Waals surface area contributed by atoms with Gasteiger partial charge in [-0.15, -0.1) is 0 Å². The molecule has 7 nitrogen and oxygen atoms in total. The number of nitrogens with zero attached hydrogens (tertiary/aromatic N) is 1. The minimum Gasteiger partial charge on any atom is -0.490 e. The number of rotatable bonds is 7. The quantitative estimate of drug-likeness (QED) is 0.561.